The Morgan fingerprint density at radius 3 is 2.86 bits per heavy atom. The van der Waals surface area contributed by atoms with E-state index in [1.807, 2.05) is 6.08 Å². The molecule has 0 spiro atoms. The fourth-order valence-corrected chi connectivity index (χ4v) is 1.89. The van der Waals surface area contributed by atoms with E-state index in [1.165, 1.54) is 12.8 Å². The van der Waals surface area contributed by atoms with Crippen LogP contribution in [0.4, 0.5) is 0 Å². The molecule has 1 aliphatic carbocycles. The van der Waals surface area contributed by atoms with Gasteiger partial charge in [0, 0.05) is 6.42 Å². The highest BCUT2D eigenvalue weighted by Crippen LogP contribution is 2.34. The van der Waals surface area contributed by atoms with Crippen molar-refractivity contribution in [3.8, 4) is 0 Å². The Morgan fingerprint density at radius 2 is 2.29 bits per heavy atom. The topological polar surface area (TPSA) is 17.1 Å². The van der Waals surface area contributed by atoms with Crippen LogP contribution in [0.1, 0.15) is 40.0 Å². The SMILES string of the molecule is CC(=O)CC=CC1C=CCC(C)(C)C1. The van der Waals surface area contributed by atoms with E-state index in [0.717, 1.165) is 0 Å². The van der Waals surface area contributed by atoms with Crippen molar-refractivity contribution in [1.29, 1.82) is 0 Å². The Morgan fingerprint density at radius 1 is 1.57 bits per heavy atom. The first-order chi connectivity index (χ1) is 6.49. The highest BCUT2D eigenvalue weighted by Gasteiger charge is 2.22. The number of carbonyl (C=O) groups is 1. The molecule has 0 N–H and O–H groups in total. The third kappa shape index (κ3) is 3.91. The maximum Gasteiger partial charge on any atom is 0.133 e. The van der Waals surface area contributed by atoms with Gasteiger partial charge in [-0.2, -0.15) is 0 Å². The van der Waals surface area contributed by atoms with Crippen LogP contribution in [-0.2, 0) is 4.79 Å². The third-order valence-corrected chi connectivity index (χ3v) is 2.63. The molecule has 0 aromatic heterocycles. The van der Waals surface area contributed by atoms with Crippen LogP contribution < -0.4 is 0 Å². The van der Waals surface area contributed by atoms with Crippen LogP contribution in [0.5, 0.6) is 0 Å². The zero-order valence-electron chi connectivity index (χ0n) is 9.42. The number of rotatable bonds is 3. The third-order valence-electron chi connectivity index (χ3n) is 2.63. The predicted octanol–water partition coefficient (Wildman–Crippen LogP) is 3.51. The molecule has 1 aliphatic rings. The molecule has 1 heteroatoms. The molecule has 78 valence electrons. The standard InChI is InChI=1S/C13H20O/c1-11(14)6-4-7-12-8-5-9-13(2,3)10-12/h4-5,7-8,12H,6,9-10H2,1-3H3. The van der Waals surface area contributed by atoms with E-state index in [1.54, 1.807) is 6.92 Å². The second-order valence-electron chi connectivity index (χ2n) is 5.00. The number of allylic oxidation sites excluding steroid dienone is 4. The van der Waals surface area contributed by atoms with Gasteiger partial charge >= 0.3 is 0 Å². The Balaban J connectivity index is 2.46. The van der Waals surface area contributed by atoms with Crippen LogP contribution >= 0.6 is 0 Å². The zero-order chi connectivity index (χ0) is 10.6. The molecule has 1 atom stereocenters. The fraction of sp³-hybridized carbons (Fsp3) is 0.615. The molecular weight excluding hydrogens is 172 g/mol. The van der Waals surface area contributed by atoms with Gasteiger partial charge in [-0.25, -0.2) is 0 Å². The Bertz CT molecular complexity index is 258. The largest absolute Gasteiger partial charge is 0.300 e. The van der Waals surface area contributed by atoms with Crippen LogP contribution in [0.2, 0.25) is 0 Å². The average molecular weight is 192 g/mol. The van der Waals surface area contributed by atoms with Gasteiger partial charge in [0.1, 0.15) is 5.78 Å². The second-order valence-corrected chi connectivity index (χ2v) is 5.00. The molecule has 1 nitrogen and oxygen atoms in total. The minimum atomic E-state index is 0.236. The molecule has 14 heavy (non-hydrogen) atoms. The summed E-state index contributed by atoms with van der Waals surface area (Å²) < 4.78 is 0. The van der Waals surface area contributed by atoms with Crippen molar-refractivity contribution >= 4 is 5.78 Å². The molecule has 0 heterocycles. The van der Waals surface area contributed by atoms with Crippen LogP contribution in [0.25, 0.3) is 0 Å². The summed E-state index contributed by atoms with van der Waals surface area (Å²) in [5, 5.41) is 0. The lowest BCUT2D eigenvalue weighted by atomic mass is 9.76. The lowest BCUT2D eigenvalue weighted by Gasteiger charge is -2.29. The number of carbonyl (C=O) groups excluding carboxylic acids is 1. The lowest BCUT2D eigenvalue weighted by Crippen LogP contribution is -2.17. The summed E-state index contributed by atoms with van der Waals surface area (Å²) in [4.78, 5) is 10.7. The summed E-state index contributed by atoms with van der Waals surface area (Å²) >= 11 is 0. The molecule has 0 bridgehead atoms. The maximum atomic E-state index is 10.7. The molecule has 1 unspecified atom stereocenters. The first kappa shape index (κ1) is 11.2. The Kier molecular flexibility index (Phi) is 3.68. The monoisotopic (exact) mass is 192 g/mol. The summed E-state index contributed by atoms with van der Waals surface area (Å²) in [5.74, 6) is 0.762. The van der Waals surface area contributed by atoms with Crippen molar-refractivity contribution in [3.05, 3.63) is 24.3 Å². The van der Waals surface area contributed by atoms with E-state index >= 15 is 0 Å². The number of Topliss-reactive ketones (excluding diaryl/α,β-unsaturated/α-hetero) is 1. The average Bonchev–Trinajstić information content (AvgIpc) is 2.01. The van der Waals surface area contributed by atoms with Gasteiger partial charge in [-0.05, 0) is 31.1 Å². The van der Waals surface area contributed by atoms with Crippen molar-refractivity contribution in [3.63, 3.8) is 0 Å². The van der Waals surface area contributed by atoms with Gasteiger partial charge in [0.05, 0.1) is 0 Å². The van der Waals surface area contributed by atoms with Crippen molar-refractivity contribution in [2.45, 2.75) is 40.0 Å². The van der Waals surface area contributed by atoms with Crippen molar-refractivity contribution in [1.82, 2.24) is 0 Å². The summed E-state index contributed by atoms with van der Waals surface area (Å²) in [6, 6.07) is 0. The number of hydrogen-bond acceptors (Lipinski definition) is 1. The molecule has 0 aromatic rings. The fourth-order valence-electron chi connectivity index (χ4n) is 1.89. The van der Waals surface area contributed by atoms with Crippen LogP contribution in [0.3, 0.4) is 0 Å². The summed E-state index contributed by atoms with van der Waals surface area (Å²) in [6.45, 7) is 6.22. The number of ketones is 1. The van der Waals surface area contributed by atoms with Gasteiger partial charge < -0.3 is 0 Å². The smallest absolute Gasteiger partial charge is 0.133 e. The van der Waals surface area contributed by atoms with E-state index in [4.69, 9.17) is 0 Å². The van der Waals surface area contributed by atoms with Crippen LogP contribution in [0, 0.1) is 11.3 Å². The zero-order valence-corrected chi connectivity index (χ0v) is 9.42. The van der Waals surface area contributed by atoms with E-state index in [0.29, 0.717) is 17.8 Å². The Labute approximate surface area is 86.9 Å². The molecule has 0 aliphatic heterocycles. The number of hydrogen-bond donors (Lipinski definition) is 0. The molecule has 0 amide bonds. The molecule has 1 rings (SSSR count). The van der Waals surface area contributed by atoms with E-state index in [2.05, 4.69) is 32.1 Å². The summed E-state index contributed by atoms with van der Waals surface area (Å²) in [6.07, 6.45) is 11.6. The molecule has 0 saturated carbocycles. The highest BCUT2D eigenvalue weighted by molar-refractivity contribution is 5.76. The molecule has 0 saturated heterocycles. The van der Waals surface area contributed by atoms with Crippen molar-refractivity contribution in [2.75, 3.05) is 0 Å². The van der Waals surface area contributed by atoms with Gasteiger partial charge in [0.2, 0.25) is 0 Å². The summed E-state index contributed by atoms with van der Waals surface area (Å²) in [5.41, 5.74) is 0.417. The van der Waals surface area contributed by atoms with Gasteiger partial charge in [0.15, 0.2) is 0 Å². The molecular formula is C13H20O. The van der Waals surface area contributed by atoms with E-state index in [-0.39, 0.29) is 5.78 Å². The predicted molar refractivity (Wildman–Crippen MR) is 60.1 cm³/mol. The second kappa shape index (κ2) is 4.59. The minimum absolute atomic E-state index is 0.236. The van der Waals surface area contributed by atoms with Crippen LogP contribution in [0.15, 0.2) is 24.3 Å². The first-order valence-corrected chi connectivity index (χ1v) is 5.32. The van der Waals surface area contributed by atoms with Gasteiger partial charge in [-0.3, -0.25) is 4.79 Å². The quantitative estimate of drug-likeness (QED) is 0.625. The minimum Gasteiger partial charge on any atom is -0.300 e. The maximum absolute atomic E-state index is 10.7. The highest BCUT2D eigenvalue weighted by atomic mass is 16.1. The first-order valence-electron chi connectivity index (χ1n) is 5.32. The summed E-state index contributed by atoms with van der Waals surface area (Å²) in [7, 11) is 0. The normalized spacial score (nSPS) is 25.5. The molecule has 0 fully saturated rings. The van der Waals surface area contributed by atoms with Crippen molar-refractivity contribution < 1.29 is 4.79 Å². The van der Waals surface area contributed by atoms with E-state index < -0.39 is 0 Å². The molecule has 0 radical (unpaired) electrons. The Hall–Kier alpha value is -0.850. The lowest BCUT2D eigenvalue weighted by molar-refractivity contribution is -0.116. The van der Waals surface area contributed by atoms with Gasteiger partial charge in [-0.15, -0.1) is 0 Å². The van der Waals surface area contributed by atoms with Gasteiger partial charge in [-0.1, -0.05) is 38.2 Å². The van der Waals surface area contributed by atoms with Gasteiger partial charge in [0.25, 0.3) is 0 Å². The molecule has 0 aromatic carbocycles. The van der Waals surface area contributed by atoms with E-state index in [9.17, 15) is 4.79 Å². The van der Waals surface area contributed by atoms with Crippen LogP contribution in [-0.4, -0.2) is 5.78 Å². The van der Waals surface area contributed by atoms with Crippen molar-refractivity contribution in [2.24, 2.45) is 11.3 Å².